The van der Waals surface area contributed by atoms with Gasteiger partial charge >= 0.3 is 5.97 Å². The average molecular weight is 563 g/mol. The fourth-order valence-corrected chi connectivity index (χ4v) is 5.42. The minimum atomic E-state index is -4.08. The fourth-order valence-electron chi connectivity index (χ4n) is 4.03. The number of anilines is 1. The number of rotatable bonds is 6. The van der Waals surface area contributed by atoms with Gasteiger partial charge in [-0.15, -0.1) is 0 Å². The Hall–Kier alpha value is -4.54. The summed E-state index contributed by atoms with van der Waals surface area (Å²) in [5.74, 6) is -1.47. The Kier molecular flexibility index (Phi) is 8.08. The van der Waals surface area contributed by atoms with Crippen molar-refractivity contribution < 1.29 is 39.7 Å². The molecule has 1 N–H and O–H groups in total. The molecule has 0 aliphatic carbocycles. The molecule has 1 aliphatic rings. The van der Waals surface area contributed by atoms with Crippen molar-refractivity contribution in [1.29, 1.82) is 0 Å². The van der Waals surface area contributed by atoms with Crippen molar-refractivity contribution in [2.24, 2.45) is 0 Å². The number of nitrogens with one attached hydrogen (secondary N) is 1. The maximum Gasteiger partial charge on any atom is 0.343 e. The molecule has 1 amide bonds. The number of benzene rings is 2. The molecule has 2 aromatic heterocycles. The number of hydrogen-bond donors (Lipinski definition) is 1. The molecular formula is C28H23ClN4O5S. The lowest BCUT2D eigenvalue weighted by atomic mass is 10.1. The summed E-state index contributed by atoms with van der Waals surface area (Å²) in [5, 5.41) is 2.58. The van der Waals surface area contributed by atoms with Crippen molar-refractivity contribution in [2.75, 3.05) is 12.4 Å². The van der Waals surface area contributed by atoms with Crippen LogP contribution in [0.25, 0.3) is 5.76 Å². The summed E-state index contributed by atoms with van der Waals surface area (Å²) in [4.78, 5) is 30.5. The van der Waals surface area contributed by atoms with Gasteiger partial charge in [0.05, 0.1) is 10.5 Å². The number of fused-ring (bicyclic) bond motifs is 1. The van der Waals surface area contributed by atoms with Crippen molar-refractivity contribution in [3.63, 3.8) is 0 Å². The number of carbonyl (C=O) groups excluding carboxylic acids is 2. The molecule has 0 spiro atoms. The lowest BCUT2D eigenvalue weighted by molar-refractivity contribution is -0.688. The van der Waals surface area contributed by atoms with Gasteiger partial charge in [-0.2, -0.15) is 0 Å². The first-order valence-electron chi connectivity index (χ1n) is 11.6. The molecule has 0 unspecified atom stereocenters. The Labute approximate surface area is 231 Å². The van der Waals surface area contributed by atoms with Crippen LogP contribution in [0.15, 0.2) is 114 Å². The topological polar surface area (TPSA) is 110 Å². The molecule has 0 radical (unpaired) electrons. The molecule has 4 aromatic rings. The highest BCUT2D eigenvalue weighted by molar-refractivity contribution is 7.89. The summed E-state index contributed by atoms with van der Waals surface area (Å²) in [5.41, 5.74) is 1.00. The van der Waals surface area contributed by atoms with Gasteiger partial charge in [0.1, 0.15) is 5.82 Å². The second-order valence-corrected chi connectivity index (χ2v) is 10.4. The van der Waals surface area contributed by atoms with Crippen LogP contribution in [0.1, 0.15) is 21.5 Å². The van der Waals surface area contributed by atoms with Gasteiger partial charge in [-0.05, 0) is 36.4 Å². The second kappa shape index (κ2) is 11.5. The van der Waals surface area contributed by atoms with Crippen LogP contribution in [0.3, 0.4) is 0 Å². The molecule has 198 valence electrons. The number of nitrogens with zero attached hydrogens (tertiary/aromatic N) is 3. The van der Waals surface area contributed by atoms with Gasteiger partial charge in [0.2, 0.25) is 0 Å². The van der Waals surface area contributed by atoms with Crippen LogP contribution in [-0.4, -0.2) is 36.6 Å². The van der Waals surface area contributed by atoms with Crippen molar-refractivity contribution in [2.45, 2.75) is 11.4 Å². The Morgan fingerprint density at radius 1 is 0.923 bits per heavy atom. The SMILES string of the molecule is CN1C(C(=O)Nc2ccccn2)=C(OC(=O)c2ccc(C[n+]3ccccc3)cc2)c2ccccc2S1(=O)=O.[Cl-]. The van der Waals surface area contributed by atoms with E-state index in [4.69, 9.17) is 4.74 Å². The van der Waals surface area contributed by atoms with Crippen molar-refractivity contribution in [3.8, 4) is 0 Å². The molecule has 2 aromatic carbocycles. The number of aromatic nitrogens is 2. The molecule has 0 saturated carbocycles. The van der Waals surface area contributed by atoms with E-state index >= 15 is 0 Å². The van der Waals surface area contributed by atoms with E-state index in [1.807, 2.05) is 47.3 Å². The molecule has 9 nitrogen and oxygen atoms in total. The van der Waals surface area contributed by atoms with Gasteiger partial charge in [0.25, 0.3) is 15.9 Å². The van der Waals surface area contributed by atoms with Gasteiger partial charge in [-0.25, -0.2) is 22.8 Å². The maximum atomic E-state index is 13.3. The molecule has 0 fully saturated rings. The number of sulfonamides is 1. The smallest absolute Gasteiger partial charge is 0.343 e. The third-order valence-electron chi connectivity index (χ3n) is 5.95. The molecule has 0 atom stereocenters. The molecule has 1 aliphatic heterocycles. The summed E-state index contributed by atoms with van der Waals surface area (Å²) in [7, 11) is -2.84. The van der Waals surface area contributed by atoms with Crippen LogP contribution in [-0.2, 0) is 26.1 Å². The largest absolute Gasteiger partial charge is 1.00 e. The molecule has 3 heterocycles. The van der Waals surface area contributed by atoms with E-state index in [2.05, 4.69) is 10.3 Å². The lowest BCUT2D eigenvalue weighted by Gasteiger charge is -2.30. The van der Waals surface area contributed by atoms with E-state index < -0.39 is 21.9 Å². The number of carbonyl (C=O) groups is 2. The first-order valence-corrected chi connectivity index (χ1v) is 13.1. The number of halogens is 1. The first kappa shape index (κ1) is 27.5. The van der Waals surface area contributed by atoms with Crippen LogP contribution < -0.4 is 22.3 Å². The van der Waals surface area contributed by atoms with E-state index in [9.17, 15) is 18.0 Å². The summed E-state index contributed by atoms with van der Waals surface area (Å²) < 4.78 is 35.0. The van der Waals surface area contributed by atoms with Gasteiger partial charge < -0.3 is 22.5 Å². The monoisotopic (exact) mass is 562 g/mol. The number of likely N-dealkylation sites (N-methyl/N-ethyl adjacent to an activating group) is 1. The van der Waals surface area contributed by atoms with Crippen LogP contribution in [0.5, 0.6) is 0 Å². The van der Waals surface area contributed by atoms with Gasteiger partial charge in [0.15, 0.2) is 30.4 Å². The normalized spacial score (nSPS) is 13.6. The Balaban J connectivity index is 0.00000353. The Morgan fingerprint density at radius 2 is 1.62 bits per heavy atom. The molecular weight excluding hydrogens is 540 g/mol. The maximum absolute atomic E-state index is 13.3. The van der Waals surface area contributed by atoms with Crippen LogP contribution in [0.4, 0.5) is 5.82 Å². The van der Waals surface area contributed by atoms with E-state index in [1.54, 1.807) is 42.5 Å². The van der Waals surface area contributed by atoms with E-state index in [0.29, 0.717) is 6.54 Å². The highest BCUT2D eigenvalue weighted by atomic mass is 35.5. The number of amides is 1. The van der Waals surface area contributed by atoms with Crippen LogP contribution in [0, 0.1) is 0 Å². The minimum absolute atomic E-state index is 0. The van der Waals surface area contributed by atoms with Gasteiger partial charge in [0, 0.05) is 36.5 Å². The molecule has 5 rings (SSSR count). The first-order chi connectivity index (χ1) is 18.3. The average Bonchev–Trinajstić information content (AvgIpc) is 2.93. The third kappa shape index (κ3) is 5.66. The highest BCUT2D eigenvalue weighted by Gasteiger charge is 2.39. The minimum Gasteiger partial charge on any atom is -1.00 e. The van der Waals surface area contributed by atoms with E-state index in [-0.39, 0.29) is 45.7 Å². The predicted molar refractivity (Wildman–Crippen MR) is 139 cm³/mol. The molecule has 0 saturated heterocycles. The summed E-state index contributed by atoms with van der Waals surface area (Å²) in [6, 6.07) is 23.7. The zero-order valence-electron chi connectivity index (χ0n) is 20.7. The van der Waals surface area contributed by atoms with Crippen LogP contribution >= 0.6 is 0 Å². The highest BCUT2D eigenvalue weighted by Crippen LogP contribution is 2.37. The van der Waals surface area contributed by atoms with E-state index in [1.165, 1.54) is 25.4 Å². The Morgan fingerprint density at radius 3 is 2.31 bits per heavy atom. The van der Waals surface area contributed by atoms with Crippen molar-refractivity contribution in [1.82, 2.24) is 9.29 Å². The molecule has 11 heteroatoms. The Bertz CT molecular complexity index is 1640. The number of esters is 1. The van der Waals surface area contributed by atoms with Crippen LogP contribution in [0.2, 0.25) is 0 Å². The zero-order valence-corrected chi connectivity index (χ0v) is 22.3. The number of ether oxygens (including phenoxy) is 1. The van der Waals surface area contributed by atoms with Gasteiger partial charge in [-0.3, -0.25) is 9.10 Å². The summed E-state index contributed by atoms with van der Waals surface area (Å²) >= 11 is 0. The summed E-state index contributed by atoms with van der Waals surface area (Å²) in [6.45, 7) is 0.620. The number of hydrogen-bond acceptors (Lipinski definition) is 6. The predicted octanol–water partition coefficient (Wildman–Crippen LogP) is 0.220. The van der Waals surface area contributed by atoms with E-state index in [0.717, 1.165) is 9.87 Å². The molecule has 39 heavy (non-hydrogen) atoms. The van der Waals surface area contributed by atoms with Crippen molar-refractivity contribution >= 4 is 33.5 Å². The third-order valence-corrected chi connectivity index (χ3v) is 7.76. The number of pyridine rings is 2. The fraction of sp³-hybridized carbons (Fsp3) is 0.0714. The second-order valence-electron chi connectivity index (χ2n) is 8.45. The van der Waals surface area contributed by atoms with Gasteiger partial charge in [-0.1, -0.05) is 36.4 Å². The molecule has 0 bridgehead atoms. The van der Waals surface area contributed by atoms with Crippen molar-refractivity contribution in [3.05, 3.63) is 126 Å². The quantitative estimate of drug-likeness (QED) is 0.266. The standard InChI is InChI=1S/C28H22N4O5S.ClH/c1-31-25(27(33)30-24-11-5-6-16-29-24)26(22-9-3-4-10-23(22)38(31,35)36)37-28(34)21-14-12-20(13-15-21)19-32-17-7-2-8-18-32;/h2-18H,19H2,1H3;1H. The zero-order chi connectivity index (χ0) is 26.7. The summed E-state index contributed by atoms with van der Waals surface area (Å²) in [6.07, 6.45) is 5.37. The lowest BCUT2D eigenvalue weighted by Crippen LogP contribution is -3.00.